The molecule has 0 aromatic carbocycles. The first-order valence-electron chi connectivity index (χ1n) is 5.48. The summed E-state index contributed by atoms with van der Waals surface area (Å²) in [7, 11) is 1.52. The second-order valence-electron chi connectivity index (χ2n) is 3.68. The molecular weight excluding hydrogens is 234 g/mol. The summed E-state index contributed by atoms with van der Waals surface area (Å²) in [4.78, 5) is 15.7. The Morgan fingerprint density at radius 1 is 1.67 bits per heavy atom. The zero-order chi connectivity index (χ0) is 13.4. The summed E-state index contributed by atoms with van der Waals surface area (Å²) in [5, 5.41) is 20.2. The van der Waals surface area contributed by atoms with E-state index in [1.807, 2.05) is 6.07 Å². The van der Waals surface area contributed by atoms with Crippen molar-refractivity contribution in [2.24, 2.45) is 0 Å². The van der Waals surface area contributed by atoms with Crippen molar-refractivity contribution in [3.05, 3.63) is 29.6 Å². The standard InChI is InChI=1S/C12H15N3O3/c1-18-8-10(4-5-16)15-12(17)11-3-2-9(6-13)7-14-11/h2-3,7,10,16H,4-5,8H2,1H3,(H,15,17). The summed E-state index contributed by atoms with van der Waals surface area (Å²) in [6.45, 7) is 0.289. The fourth-order valence-corrected chi connectivity index (χ4v) is 1.41. The summed E-state index contributed by atoms with van der Waals surface area (Å²) in [6, 6.07) is 4.68. The van der Waals surface area contributed by atoms with Crippen LogP contribution in [0.2, 0.25) is 0 Å². The van der Waals surface area contributed by atoms with Gasteiger partial charge in [0.25, 0.3) is 5.91 Å². The minimum atomic E-state index is -0.352. The zero-order valence-electron chi connectivity index (χ0n) is 10.1. The molecule has 1 heterocycles. The Labute approximate surface area is 105 Å². The Kier molecular flexibility index (Phi) is 5.77. The molecule has 0 aliphatic carbocycles. The van der Waals surface area contributed by atoms with Crippen LogP contribution in [-0.4, -0.2) is 42.4 Å². The number of carbonyl (C=O) groups is 1. The molecule has 1 aromatic heterocycles. The number of nitrogens with one attached hydrogen (secondary N) is 1. The molecule has 0 aliphatic heterocycles. The molecule has 1 rings (SSSR count). The van der Waals surface area contributed by atoms with Gasteiger partial charge in [0.05, 0.1) is 18.2 Å². The van der Waals surface area contributed by atoms with Crippen molar-refractivity contribution in [2.75, 3.05) is 20.3 Å². The van der Waals surface area contributed by atoms with E-state index in [2.05, 4.69) is 10.3 Å². The molecule has 1 aromatic rings. The summed E-state index contributed by atoms with van der Waals surface area (Å²) in [6.07, 6.45) is 1.75. The lowest BCUT2D eigenvalue weighted by Crippen LogP contribution is -2.39. The molecule has 0 saturated carbocycles. The highest BCUT2D eigenvalue weighted by atomic mass is 16.5. The number of aromatic nitrogens is 1. The number of carbonyl (C=O) groups excluding carboxylic acids is 1. The monoisotopic (exact) mass is 249 g/mol. The topological polar surface area (TPSA) is 95.2 Å². The van der Waals surface area contributed by atoms with Crippen LogP contribution < -0.4 is 5.32 Å². The molecule has 0 bridgehead atoms. The molecule has 1 unspecified atom stereocenters. The van der Waals surface area contributed by atoms with E-state index in [9.17, 15) is 4.79 Å². The molecule has 2 N–H and O–H groups in total. The van der Waals surface area contributed by atoms with Crippen molar-refractivity contribution in [1.29, 1.82) is 5.26 Å². The van der Waals surface area contributed by atoms with Crippen LogP contribution in [0.3, 0.4) is 0 Å². The van der Waals surface area contributed by atoms with E-state index in [1.165, 1.54) is 25.4 Å². The first-order chi connectivity index (χ1) is 8.71. The Morgan fingerprint density at radius 2 is 2.44 bits per heavy atom. The molecule has 1 atom stereocenters. The Bertz CT molecular complexity index is 419. The van der Waals surface area contributed by atoms with Gasteiger partial charge in [-0.1, -0.05) is 0 Å². The van der Waals surface area contributed by atoms with Crippen LogP contribution in [-0.2, 0) is 4.74 Å². The highest BCUT2D eigenvalue weighted by molar-refractivity contribution is 5.92. The third-order valence-corrected chi connectivity index (χ3v) is 2.31. The lowest BCUT2D eigenvalue weighted by atomic mass is 10.2. The van der Waals surface area contributed by atoms with Gasteiger partial charge in [0.2, 0.25) is 0 Å². The zero-order valence-corrected chi connectivity index (χ0v) is 10.1. The highest BCUT2D eigenvalue weighted by Gasteiger charge is 2.14. The van der Waals surface area contributed by atoms with E-state index in [0.717, 1.165) is 0 Å². The Balaban J connectivity index is 2.65. The molecule has 18 heavy (non-hydrogen) atoms. The van der Waals surface area contributed by atoms with E-state index < -0.39 is 0 Å². The van der Waals surface area contributed by atoms with Crippen LogP contribution in [0.15, 0.2) is 18.3 Å². The van der Waals surface area contributed by atoms with Crippen molar-refractivity contribution in [3.8, 4) is 6.07 Å². The number of nitrogens with zero attached hydrogens (tertiary/aromatic N) is 2. The van der Waals surface area contributed by atoms with Crippen LogP contribution in [0.5, 0.6) is 0 Å². The third kappa shape index (κ3) is 4.13. The highest BCUT2D eigenvalue weighted by Crippen LogP contribution is 2.00. The van der Waals surface area contributed by atoms with Crippen molar-refractivity contribution >= 4 is 5.91 Å². The van der Waals surface area contributed by atoms with Gasteiger partial charge >= 0.3 is 0 Å². The lowest BCUT2D eigenvalue weighted by Gasteiger charge is -2.16. The molecule has 0 fully saturated rings. The molecular formula is C12H15N3O3. The van der Waals surface area contributed by atoms with Crippen molar-refractivity contribution in [2.45, 2.75) is 12.5 Å². The number of amides is 1. The van der Waals surface area contributed by atoms with Gasteiger partial charge < -0.3 is 15.2 Å². The number of aliphatic hydroxyl groups excluding tert-OH is 1. The smallest absolute Gasteiger partial charge is 0.270 e. The molecule has 96 valence electrons. The minimum absolute atomic E-state index is 0.0326. The van der Waals surface area contributed by atoms with Crippen LogP contribution in [0.4, 0.5) is 0 Å². The second kappa shape index (κ2) is 7.37. The maximum absolute atomic E-state index is 11.8. The molecule has 1 amide bonds. The van der Waals surface area contributed by atoms with E-state index in [-0.39, 0.29) is 24.2 Å². The maximum atomic E-state index is 11.8. The number of ether oxygens (including phenoxy) is 1. The van der Waals surface area contributed by atoms with Crippen molar-refractivity contribution in [1.82, 2.24) is 10.3 Å². The average Bonchev–Trinajstić information content (AvgIpc) is 2.39. The molecule has 0 aliphatic rings. The maximum Gasteiger partial charge on any atom is 0.270 e. The molecule has 6 nitrogen and oxygen atoms in total. The van der Waals surface area contributed by atoms with Crippen LogP contribution in [0.1, 0.15) is 22.5 Å². The number of pyridine rings is 1. The predicted octanol–water partition coefficient (Wildman–Crippen LogP) is 0.0805. The minimum Gasteiger partial charge on any atom is -0.396 e. The van der Waals surface area contributed by atoms with E-state index >= 15 is 0 Å². The van der Waals surface area contributed by atoms with Crippen molar-refractivity contribution in [3.63, 3.8) is 0 Å². The fraction of sp³-hybridized carbons (Fsp3) is 0.417. The fourth-order valence-electron chi connectivity index (χ4n) is 1.41. The summed E-state index contributed by atoms with van der Waals surface area (Å²) >= 11 is 0. The Hall–Kier alpha value is -1.97. The van der Waals surface area contributed by atoms with Gasteiger partial charge in [-0.3, -0.25) is 4.79 Å². The largest absolute Gasteiger partial charge is 0.396 e. The molecule has 0 radical (unpaired) electrons. The molecule has 0 saturated heterocycles. The summed E-state index contributed by atoms with van der Waals surface area (Å²) in [5.74, 6) is -0.352. The molecule has 6 heteroatoms. The van der Waals surface area contributed by atoms with Crippen molar-refractivity contribution < 1.29 is 14.6 Å². The lowest BCUT2D eigenvalue weighted by molar-refractivity contribution is 0.0874. The number of methoxy groups -OCH3 is 1. The number of aliphatic hydroxyl groups is 1. The molecule has 0 spiro atoms. The Morgan fingerprint density at radius 3 is 2.94 bits per heavy atom. The normalized spacial score (nSPS) is 11.6. The summed E-state index contributed by atoms with van der Waals surface area (Å²) in [5.41, 5.74) is 0.628. The second-order valence-corrected chi connectivity index (χ2v) is 3.68. The van der Waals surface area contributed by atoms with Gasteiger partial charge in [0, 0.05) is 19.9 Å². The van der Waals surface area contributed by atoms with E-state index in [1.54, 1.807) is 0 Å². The number of hydrogen-bond acceptors (Lipinski definition) is 5. The quantitative estimate of drug-likeness (QED) is 0.744. The van der Waals surface area contributed by atoms with Crippen LogP contribution in [0.25, 0.3) is 0 Å². The summed E-state index contributed by atoms with van der Waals surface area (Å²) < 4.78 is 4.94. The van der Waals surface area contributed by atoms with Gasteiger partial charge in [0.15, 0.2) is 0 Å². The number of hydrogen-bond donors (Lipinski definition) is 2. The van der Waals surface area contributed by atoms with E-state index in [0.29, 0.717) is 18.6 Å². The first-order valence-corrected chi connectivity index (χ1v) is 5.48. The average molecular weight is 249 g/mol. The van der Waals surface area contributed by atoms with Crippen LogP contribution >= 0.6 is 0 Å². The SMILES string of the molecule is COCC(CCO)NC(=O)c1ccc(C#N)cn1. The van der Waals surface area contributed by atoms with Gasteiger partial charge in [-0.25, -0.2) is 4.98 Å². The third-order valence-electron chi connectivity index (χ3n) is 2.31. The predicted molar refractivity (Wildman–Crippen MR) is 63.8 cm³/mol. The van der Waals surface area contributed by atoms with E-state index in [4.69, 9.17) is 15.1 Å². The first kappa shape index (κ1) is 14.1. The van der Waals surface area contributed by atoms with Gasteiger partial charge in [-0.05, 0) is 18.6 Å². The van der Waals surface area contributed by atoms with Gasteiger partial charge in [0.1, 0.15) is 11.8 Å². The number of rotatable bonds is 6. The number of nitriles is 1. The van der Waals surface area contributed by atoms with Gasteiger partial charge in [-0.15, -0.1) is 0 Å². The van der Waals surface area contributed by atoms with Gasteiger partial charge in [-0.2, -0.15) is 5.26 Å². The van der Waals surface area contributed by atoms with Crippen LogP contribution in [0, 0.1) is 11.3 Å².